The number of likely N-dealkylation sites (N-methyl/N-ethyl adjacent to an activating group) is 1. The molecule has 1 fully saturated rings. The molecular formula is C13H23NO4. The van der Waals surface area contributed by atoms with Crippen LogP contribution in [-0.2, 0) is 14.3 Å². The Kier molecular flexibility index (Phi) is 5.59. The van der Waals surface area contributed by atoms with Crippen molar-refractivity contribution in [3.63, 3.8) is 0 Å². The fraction of sp³-hybridized carbons (Fsp3) is 0.846. The molecular weight excluding hydrogens is 234 g/mol. The molecule has 18 heavy (non-hydrogen) atoms. The summed E-state index contributed by atoms with van der Waals surface area (Å²) in [4.78, 5) is 23.6. The molecule has 0 aliphatic heterocycles. The molecule has 1 aliphatic rings. The number of nitrogens with zero attached hydrogens (tertiary/aromatic N) is 1. The second-order valence-corrected chi connectivity index (χ2v) is 5.26. The molecule has 0 heterocycles. The highest BCUT2D eigenvalue weighted by atomic mass is 16.5. The number of amides is 1. The average molecular weight is 257 g/mol. The monoisotopic (exact) mass is 257 g/mol. The highest BCUT2D eigenvalue weighted by Crippen LogP contribution is 2.26. The Hall–Kier alpha value is -1.10. The number of hydrogen-bond acceptors (Lipinski definition) is 3. The van der Waals surface area contributed by atoms with E-state index in [0.29, 0.717) is 5.92 Å². The zero-order valence-electron chi connectivity index (χ0n) is 11.4. The van der Waals surface area contributed by atoms with Crippen molar-refractivity contribution < 1.29 is 19.4 Å². The highest BCUT2D eigenvalue weighted by molar-refractivity contribution is 5.84. The van der Waals surface area contributed by atoms with Gasteiger partial charge >= 0.3 is 5.97 Å². The van der Waals surface area contributed by atoms with Crippen LogP contribution in [0.15, 0.2) is 0 Å². The minimum atomic E-state index is -1.01. The van der Waals surface area contributed by atoms with E-state index in [1.807, 2.05) is 0 Å². The Morgan fingerprint density at radius 1 is 1.44 bits per heavy atom. The number of carboxylic acids is 1. The van der Waals surface area contributed by atoms with Gasteiger partial charge in [-0.3, -0.25) is 9.59 Å². The van der Waals surface area contributed by atoms with E-state index in [1.165, 1.54) is 18.4 Å². The van der Waals surface area contributed by atoms with Crippen molar-refractivity contribution in [2.75, 3.05) is 13.6 Å². The molecule has 1 amide bonds. The molecule has 1 rings (SSSR count). The summed E-state index contributed by atoms with van der Waals surface area (Å²) in [7, 11) is 1.49. The lowest BCUT2D eigenvalue weighted by Crippen LogP contribution is -2.41. The first-order chi connectivity index (χ1) is 8.40. The van der Waals surface area contributed by atoms with Gasteiger partial charge in [-0.2, -0.15) is 0 Å². The van der Waals surface area contributed by atoms with Gasteiger partial charge in [0.25, 0.3) is 5.91 Å². The van der Waals surface area contributed by atoms with E-state index in [0.717, 1.165) is 19.3 Å². The van der Waals surface area contributed by atoms with Gasteiger partial charge in [-0.25, -0.2) is 0 Å². The van der Waals surface area contributed by atoms with E-state index in [1.54, 1.807) is 6.92 Å². The van der Waals surface area contributed by atoms with Crippen molar-refractivity contribution in [2.45, 2.75) is 51.7 Å². The maximum absolute atomic E-state index is 11.9. The normalized spacial score (nSPS) is 25.5. The second kappa shape index (κ2) is 6.73. The summed E-state index contributed by atoms with van der Waals surface area (Å²) in [5.41, 5.74) is 0. The molecule has 0 aromatic carbocycles. The number of rotatable bonds is 5. The summed E-state index contributed by atoms with van der Waals surface area (Å²) in [5, 5.41) is 8.64. The van der Waals surface area contributed by atoms with E-state index < -0.39 is 12.1 Å². The minimum absolute atomic E-state index is 0.130. The molecule has 0 saturated heterocycles. The van der Waals surface area contributed by atoms with Crippen LogP contribution in [-0.4, -0.2) is 47.7 Å². The Labute approximate surface area is 108 Å². The van der Waals surface area contributed by atoms with E-state index in [4.69, 9.17) is 9.84 Å². The van der Waals surface area contributed by atoms with E-state index in [-0.39, 0.29) is 18.6 Å². The minimum Gasteiger partial charge on any atom is -0.480 e. The number of carbonyl (C=O) groups is 2. The van der Waals surface area contributed by atoms with Gasteiger partial charge in [0, 0.05) is 7.05 Å². The third-order valence-corrected chi connectivity index (χ3v) is 3.38. The Morgan fingerprint density at radius 3 is 2.67 bits per heavy atom. The van der Waals surface area contributed by atoms with Crippen molar-refractivity contribution in [2.24, 2.45) is 5.92 Å². The number of carbonyl (C=O) groups excluding carboxylic acids is 1. The third-order valence-electron chi connectivity index (χ3n) is 3.38. The van der Waals surface area contributed by atoms with Gasteiger partial charge in [-0.05, 0) is 25.7 Å². The van der Waals surface area contributed by atoms with Gasteiger partial charge in [-0.15, -0.1) is 0 Å². The van der Waals surface area contributed by atoms with Crippen LogP contribution >= 0.6 is 0 Å². The van der Waals surface area contributed by atoms with E-state index >= 15 is 0 Å². The molecule has 0 radical (unpaired) electrons. The van der Waals surface area contributed by atoms with Crippen LogP contribution in [0.4, 0.5) is 0 Å². The third kappa shape index (κ3) is 4.64. The molecule has 5 nitrogen and oxygen atoms in total. The first-order valence-corrected chi connectivity index (χ1v) is 6.52. The van der Waals surface area contributed by atoms with Crippen LogP contribution in [0.1, 0.15) is 39.5 Å². The molecule has 0 bridgehead atoms. The van der Waals surface area contributed by atoms with Gasteiger partial charge in [-0.1, -0.05) is 19.8 Å². The van der Waals surface area contributed by atoms with Crippen LogP contribution in [0.5, 0.6) is 0 Å². The average Bonchev–Trinajstić information content (AvgIpc) is 2.27. The topological polar surface area (TPSA) is 66.8 Å². The Bertz CT molecular complexity index is 305. The van der Waals surface area contributed by atoms with Crippen molar-refractivity contribution >= 4 is 11.9 Å². The molecule has 0 aromatic heterocycles. The van der Waals surface area contributed by atoms with Crippen molar-refractivity contribution in [1.29, 1.82) is 0 Å². The molecule has 5 heteroatoms. The van der Waals surface area contributed by atoms with Crippen LogP contribution < -0.4 is 0 Å². The molecule has 104 valence electrons. The summed E-state index contributed by atoms with van der Waals surface area (Å²) in [6.45, 7) is 3.60. The van der Waals surface area contributed by atoms with Gasteiger partial charge in [0.05, 0.1) is 6.10 Å². The fourth-order valence-electron chi connectivity index (χ4n) is 2.44. The van der Waals surface area contributed by atoms with Crippen molar-refractivity contribution in [3.8, 4) is 0 Å². The van der Waals surface area contributed by atoms with Gasteiger partial charge in [0.1, 0.15) is 12.6 Å². The molecule has 1 aliphatic carbocycles. The summed E-state index contributed by atoms with van der Waals surface area (Å²) in [5.74, 6) is -0.636. The zero-order valence-corrected chi connectivity index (χ0v) is 11.4. The first-order valence-electron chi connectivity index (χ1n) is 6.52. The lowest BCUT2D eigenvalue weighted by Gasteiger charge is -2.30. The van der Waals surface area contributed by atoms with Gasteiger partial charge in [0.2, 0.25) is 0 Å². The molecule has 0 aromatic rings. The van der Waals surface area contributed by atoms with Gasteiger partial charge < -0.3 is 14.7 Å². The van der Waals surface area contributed by atoms with Crippen molar-refractivity contribution in [3.05, 3.63) is 0 Å². The number of aliphatic carboxylic acids is 1. The smallest absolute Gasteiger partial charge is 0.323 e. The molecule has 0 unspecified atom stereocenters. The number of hydrogen-bond donors (Lipinski definition) is 1. The summed E-state index contributed by atoms with van der Waals surface area (Å²) < 4.78 is 5.74. The largest absolute Gasteiger partial charge is 0.480 e. The summed E-state index contributed by atoms with van der Waals surface area (Å²) >= 11 is 0. The van der Waals surface area contributed by atoms with Crippen LogP contribution in [0.2, 0.25) is 0 Å². The van der Waals surface area contributed by atoms with E-state index in [9.17, 15) is 9.59 Å². The molecule has 1 N–H and O–H groups in total. The summed E-state index contributed by atoms with van der Waals surface area (Å²) in [6.07, 6.45) is 3.90. The van der Waals surface area contributed by atoms with E-state index in [2.05, 4.69) is 6.92 Å². The predicted molar refractivity (Wildman–Crippen MR) is 67.2 cm³/mol. The highest BCUT2D eigenvalue weighted by Gasteiger charge is 2.26. The standard InChI is InChI=1S/C13H23NO4/c1-9-5-4-6-11(7-9)18-10(2)13(17)14(3)8-12(15)16/h9-11H,4-8H2,1-3H3,(H,15,16)/t9-,10-,11+/m1/s1. The van der Waals surface area contributed by atoms with Gasteiger partial charge in [0.15, 0.2) is 0 Å². The lowest BCUT2D eigenvalue weighted by atomic mass is 9.88. The van der Waals surface area contributed by atoms with Crippen LogP contribution in [0, 0.1) is 5.92 Å². The zero-order chi connectivity index (χ0) is 13.7. The van der Waals surface area contributed by atoms with Crippen LogP contribution in [0.3, 0.4) is 0 Å². The maximum Gasteiger partial charge on any atom is 0.323 e. The fourth-order valence-corrected chi connectivity index (χ4v) is 2.44. The first kappa shape index (κ1) is 15.0. The van der Waals surface area contributed by atoms with Crippen molar-refractivity contribution in [1.82, 2.24) is 4.90 Å². The molecule has 3 atom stereocenters. The maximum atomic E-state index is 11.9. The summed E-state index contributed by atoms with van der Waals surface area (Å²) in [6, 6.07) is 0. The van der Waals surface area contributed by atoms with Crippen LogP contribution in [0.25, 0.3) is 0 Å². The second-order valence-electron chi connectivity index (χ2n) is 5.26. The Morgan fingerprint density at radius 2 is 2.11 bits per heavy atom. The number of carboxylic acid groups (broad SMARTS) is 1. The predicted octanol–water partition coefficient (Wildman–Crippen LogP) is 1.51. The molecule has 0 spiro atoms. The SMILES string of the molecule is C[C@@H]1CCC[C@H](O[C@H](C)C(=O)N(C)CC(=O)O)C1. The molecule has 1 saturated carbocycles. The quantitative estimate of drug-likeness (QED) is 0.810. The number of ether oxygens (including phenoxy) is 1. The Balaban J connectivity index is 2.41. The lowest BCUT2D eigenvalue weighted by molar-refractivity contribution is -0.152.